The standard InChI is InChI=1S/C16H19NOS/c1-5-14-11(3)9-15(19-14)16(18)17-13-8-6-7-10(2)12(13)4/h6-9H,5H2,1-4H3,(H,17,18). The highest BCUT2D eigenvalue weighted by molar-refractivity contribution is 7.14. The normalized spacial score (nSPS) is 10.5. The van der Waals surface area contributed by atoms with E-state index in [0.717, 1.165) is 22.5 Å². The second-order valence-corrected chi connectivity index (χ2v) is 5.91. The molecule has 100 valence electrons. The first-order valence-corrected chi connectivity index (χ1v) is 7.31. The van der Waals surface area contributed by atoms with Crippen molar-refractivity contribution in [2.24, 2.45) is 0 Å². The lowest BCUT2D eigenvalue weighted by Crippen LogP contribution is -2.11. The van der Waals surface area contributed by atoms with E-state index in [0.29, 0.717) is 0 Å². The molecule has 0 saturated heterocycles. The summed E-state index contributed by atoms with van der Waals surface area (Å²) in [4.78, 5) is 14.3. The minimum atomic E-state index is -0.0125. The number of carbonyl (C=O) groups is 1. The van der Waals surface area contributed by atoms with Crippen LogP contribution in [0.25, 0.3) is 0 Å². The predicted octanol–water partition coefficient (Wildman–Crippen LogP) is 4.49. The summed E-state index contributed by atoms with van der Waals surface area (Å²) in [5, 5.41) is 3.00. The largest absolute Gasteiger partial charge is 0.321 e. The molecule has 1 aromatic carbocycles. The van der Waals surface area contributed by atoms with Gasteiger partial charge in [0.05, 0.1) is 4.88 Å². The lowest BCUT2D eigenvalue weighted by Gasteiger charge is -2.09. The molecule has 0 spiro atoms. The first-order valence-electron chi connectivity index (χ1n) is 6.49. The summed E-state index contributed by atoms with van der Waals surface area (Å²) in [5.74, 6) is -0.0125. The average molecular weight is 273 g/mol. The van der Waals surface area contributed by atoms with E-state index in [-0.39, 0.29) is 5.91 Å². The van der Waals surface area contributed by atoms with Crippen LogP contribution in [0.4, 0.5) is 5.69 Å². The Balaban J connectivity index is 2.23. The molecule has 0 unspecified atom stereocenters. The van der Waals surface area contributed by atoms with Crippen molar-refractivity contribution in [3.05, 3.63) is 50.7 Å². The number of thiophene rings is 1. The molecule has 0 bridgehead atoms. The molecular formula is C16H19NOS. The molecule has 0 aliphatic rings. The van der Waals surface area contributed by atoms with Gasteiger partial charge in [-0.05, 0) is 56.0 Å². The van der Waals surface area contributed by atoms with Gasteiger partial charge in [-0.25, -0.2) is 0 Å². The zero-order chi connectivity index (χ0) is 14.0. The number of carbonyl (C=O) groups excluding carboxylic acids is 1. The Morgan fingerprint density at radius 1 is 1.21 bits per heavy atom. The van der Waals surface area contributed by atoms with Crippen molar-refractivity contribution in [2.75, 3.05) is 5.32 Å². The zero-order valence-electron chi connectivity index (χ0n) is 11.8. The number of hydrogen-bond acceptors (Lipinski definition) is 2. The third-order valence-corrected chi connectivity index (χ3v) is 4.80. The van der Waals surface area contributed by atoms with Crippen LogP contribution in [0.15, 0.2) is 24.3 Å². The third-order valence-electron chi connectivity index (χ3n) is 3.42. The summed E-state index contributed by atoms with van der Waals surface area (Å²) >= 11 is 1.58. The molecule has 2 aromatic rings. The molecule has 0 radical (unpaired) electrons. The van der Waals surface area contributed by atoms with Gasteiger partial charge in [0.15, 0.2) is 0 Å². The van der Waals surface area contributed by atoms with Gasteiger partial charge in [-0.2, -0.15) is 0 Å². The molecule has 1 aromatic heterocycles. The van der Waals surface area contributed by atoms with Gasteiger partial charge < -0.3 is 5.32 Å². The molecule has 19 heavy (non-hydrogen) atoms. The van der Waals surface area contributed by atoms with E-state index in [1.165, 1.54) is 16.0 Å². The van der Waals surface area contributed by atoms with E-state index in [4.69, 9.17) is 0 Å². The van der Waals surface area contributed by atoms with E-state index < -0.39 is 0 Å². The first kappa shape index (κ1) is 13.8. The van der Waals surface area contributed by atoms with Crippen LogP contribution in [-0.4, -0.2) is 5.91 Å². The van der Waals surface area contributed by atoms with Crippen LogP contribution in [0.1, 0.15) is 38.2 Å². The van der Waals surface area contributed by atoms with Crippen LogP contribution in [0.2, 0.25) is 0 Å². The second-order valence-electron chi connectivity index (χ2n) is 4.77. The highest BCUT2D eigenvalue weighted by Crippen LogP contribution is 2.24. The van der Waals surface area contributed by atoms with Crippen molar-refractivity contribution >= 4 is 22.9 Å². The van der Waals surface area contributed by atoms with E-state index in [9.17, 15) is 4.79 Å². The van der Waals surface area contributed by atoms with E-state index >= 15 is 0 Å². The van der Waals surface area contributed by atoms with Gasteiger partial charge in [-0.15, -0.1) is 11.3 Å². The maximum atomic E-state index is 12.3. The van der Waals surface area contributed by atoms with Gasteiger partial charge >= 0.3 is 0 Å². The number of rotatable bonds is 3. The molecule has 2 rings (SSSR count). The topological polar surface area (TPSA) is 29.1 Å². The summed E-state index contributed by atoms with van der Waals surface area (Å²) in [5.41, 5.74) is 4.42. The highest BCUT2D eigenvalue weighted by Gasteiger charge is 2.13. The van der Waals surface area contributed by atoms with Gasteiger partial charge in [-0.1, -0.05) is 19.1 Å². The quantitative estimate of drug-likeness (QED) is 0.877. The Kier molecular flexibility index (Phi) is 4.05. The number of anilines is 1. The molecule has 1 N–H and O–H groups in total. The van der Waals surface area contributed by atoms with E-state index in [2.05, 4.69) is 32.2 Å². The SMILES string of the molecule is CCc1sc(C(=O)Nc2cccc(C)c2C)cc1C. The third kappa shape index (κ3) is 2.87. The molecule has 0 atom stereocenters. The van der Waals surface area contributed by atoms with Crippen LogP contribution in [0.5, 0.6) is 0 Å². The molecule has 0 aliphatic carbocycles. The highest BCUT2D eigenvalue weighted by atomic mass is 32.1. The van der Waals surface area contributed by atoms with Crippen LogP contribution in [0, 0.1) is 20.8 Å². The van der Waals surface area contributed by atoms with Gasteiger partial charge in [-0.3, -0.25) is 4.79 Å². The lowest BCUT2D eigenvalue weighted by atomic mass is 10.1. The van der Waals surface area contributed by atoms with Crippen LogP contribution < -0.4 is 5.32 Å². The first-order chi connectivity index (χ1) is 9.02. The Labute approximate surface area is 118 Å². The molecule has 0 saturated carbocycles. The van der Waals surface area contributed by atoms with E-state index in [1.54, 1.807) is 11.3 Å². The fourth-order valence-electron chi connectivity index (χ4n) is 2.05. The van der Waals surface area contributed by atoms with Gasteiger partial charge in [0.1, 0.15) is 0 Å². The molecule has 1 heterocycles. The second kappa shape index (κ2) is 5.57. The maximum absolute atomic E-state index is 12.3. The van der Waals surface area contributed by atoms with Crippen molar-refractivity contribution in [3.63, 3.8) is 0 Å². The van der Waals surface area contributed by atoms with Crippen molar-refractivity contribution in [2.45, 2.75) is 34.1 Å². The molecule has 3 heteroatoms. The monoisotopic (exact) mass is 273 g/mol. The van der Waals surface area contributed by atoms with Crippen molar-refractivity contribution in [1.29, 1.82) is 0 Å². The van der Waals surface area contributed by atoms with Crippen molar-refractivity contribution < 1.29 is 4.79 Å². The van der Waals surface area contributed by atoms with Crippen LogP contribution in [-0.2, 0) is 6.42 Å². The summed E-state index contributed by atoms with van der Waals surface area (Å²) < 4.78 is 0. The van der Waals surface area contributed by atoms with E-state index in [1.807, 2.05) is 25.1 Å². The number of nitrogens with one attached hydrogen (secondary N) is 1. The molecule has 2 nitrogen and oxygen atoms in total. The van der Waals surface area contributed by atoms with Gasteiger partial charge in [0, 0.05) is 10.6 Å². The van der Waals surface area contributed by atoms with Crippen molar-refractivity contribution in [3.8, 4) is 0 Å². The van der Waals surface area contributed by atoms with Crippen LogP contribution in [0.3, 0.4) is 0 Å². The number of hydrogen-bond donors (Lipinski definition) is 1. The Morgan fingerprint density at radius 2 is 1.95 bits per heavy atom. The summed E-state index contributed by atoms with van der Waals surface area (Å²) in [6.45, 7) is 8.26. The minimum Gasteiger partial charge on any atom is -0.321 e. The molecule has 1 amide bonds. The maximum Gasteiger partial charge on any atom is 0.265 e. The molecule has 0 aliphatic heterocycles. The lowest BCUT2D eigenvalue weighted by molar-refractivity contribution is 0.103. The minimum absolute atomic E-state index is 0.0125. The Bertz CT molecular complexity index is 613. The smallest absolute Gasteiger partial charge is 0.265 e. The summed E-state index contributed by atoms with van der Waals surface area (Å²) in [7, 11) is 0. The summed E-state index contributed by atoms with van der Waals surface area (Å²) in [6, 6.07) is 7.94. The van der Waals surface area contributed by atoms with Crippen LogP contribution >= 0.6 is 11.3 Å². The zero-order valence-corrected chi connectivity index (χ0v) is 12.6. The Morgan fingerprint density at radius 3 is 2.58 bits per heavy atom. The number of aryl methyl sites for hydroxylation is 3. The van der Waals surface area contributed by atoms with Crippen molar-refractivity contribution in [1.82, 2.24) is 0 Å². The fourth-order valence-corrected chi connectivity index (χ4v) is 3.06. The van der Waals surface area contributed by atoms with Gasteiger partial charge in [0.2, 0.25) is 0 Å². The summed E-state index contributed by atoms with van der Waals surface area (Å²) in [6.07, 6.45) is 0.979. The molecule has 0 fully saturated rings. The predicted molar refractivity (Wildman–Crippen MR) is 82.3 cm³/mol. The average Bonchev–Trinajstić information content (AvgIpc) is 2.76. The number of benzene rings is 1. The fraction of sp³-hybridized carbons (Fsp3) is 0.312. The Hall–Kier alpha value is -1.61. The molecular weight excluding hydrogens is 254 g/mol. The number of amides is 1. The van der Waals surface area contributed by atoms with Gasteiger partial charge in [0.25, 0.3) is 5.91 Å².